The average molecular weight is 371 g/mol. The third-order valence-corrected chi connectivity index (χ3v) is 5.67. The Balaban J connectivity index is 1.57. The number of likely N-dealkylation sites (N-methyl/N-ethyl adjacent to an activating group) is 1. The molecule has 1 aromatic heterocycles. The van der Waals surface area contributed by atoms with Crippen LogP contribution < -0.4 is 5.32 Å². The van der Waals surface area contributed by atoms with Crippen LogP contribution >= 0.6 is 0 Å². The number of aryl methyl sites for hydroxylation is 1. The van der Waals surface area contributed by atoms with Crippen molar-refractivity contribution in [1.82, 2.24) is 24.7 Å². The maximum absolute atomic E-state index is 12.7. The molecule has 1 aliphatic heterocycles. The molecule has 0 bridgehead atoms. The number of para-hydroxylation sites is 2. The molecule has 0 spiro atoms. The van der Waals surface area contributed by atoms with Gasteiger partial charge in [-0.2, -0.15) is 0 Å². The highest BCUT2D eigenvalue weighted by Crippen LogP contribution is 2.25. The number of nitrogens with one attached hydrogen (secondary N) is 1. The topological polar surface area (TPSA) is 70.5 Å². The number of carbonyl (C=O) groups excluding carboxylic acids is 2. The Hall–Kier alpha value is -2.41. The van der Waals surface area contributed by atoms with Crippen molar-refractivity contribution in [3.8, 4) is 0 Å². The van der Waals surface area contributed by atoms with Gasteiger partial charge in [0.2, 0.25) is 11.8 Å². The van der Waals surface area contributed by atoms with Crippen LogP contribution in [0.15, 0.2) is 24.3 Å². The Kier molecular flexibility index (Phi) is 5.79. The lowest BCUT2D eigenvalue weighted by atomic mass is 10.1. The van der Waals surface area contributed by atoms with E-state index >= 15 is 0 Å². The van der Waals surface area contributed by atoms with Crippen LogP contribution in [0.5, 0.6) is 0 Å². The first-order chi connectivity index (χ1) is 12.9. The standard InChI is InChI=1S/C20H29N5O2/c1-14(26)21-12-16-10-9-15(24(16)3)11-20(27)23(2)13-19-22-17-7-5-6-8-18(17)25(19)4/h5-8,15-16H,9-13H2,1-4H3,(H,21,26)/t15-,16+/m0/s1. The molecule has 3 rings (SSSR count). The third-order valence-electron chi connectivity index (χ3n) is 5.67. The molecule has 2 heterocycles. The molecule has 0 radical (unpaired) electrons. The third kappa shape index (κ3) is 4.30. The van der Waals surface area contributed by atoms with E-state index in [-0.39, 0.29) is 17.9 Å². The normalized spacial score (nSPS) is 20.1. The van der Waals surface area contributed by atoms with Gasteiger partial charge in [-0.3, -0.25) is 14.5 Å². The first-order valence-corrected chi connectivity index (χ1v) is 9.47. The number of nitrogens with zero attached hydrogens (tertiary/aromatic N) is 4. The van der Waals surface area contributed by atoms with Crippen molar-refractivity contribution >= 4 is 22.8 Å². The zero-order valence-electron chi connectivity index (χ0n) is 16.6. The molecule has 1 aliphatic rings. The molecule has 7 nitrogen and oxygen atoms in total. The zero-order chi connectivity index (χ0) is 19.6. The highest BCUT2D eigenvalue weighted by molar-refractivity contribution is 5.78. The zero-order valence-corrected chi connectivity index (χ0v) is 16.6. The van der Waals surface area contributed by atoms with Gasteiger partial charge in [-0.1, -0.05) is 12.1 Å². The number of fused-ring (bicyclic) bond motifs is 1. The molecular weight excluding hydrogens is 342 g/mol. The summed E-state index contributed by atoms with van der Waals surface area (Å²) in [7, 11) is 5.87. The first-order valence-electron chi connectivity index (χ1n) is 9.47. The number of hydrogen-bond donors (Lipinski definition) is 1. The van der Waals surface area contributed by atoms with E-state index in [0.29, 0.717) is 25.6 Å². The van der Waals surface area contributed by atoms with E-state index in [0.717, 1.165) is 29.7 Å². The van der Waals surface area contributed by atoms with Crippen molar-refractivity contribution < 1.29 is 9.59 Å². The predicted octanol–water partition coefficient (Wildman–Crippen LogP) is 1.52. The van der Waals surface area contributed by atoms with E-state index in [1.807, 2.05) is 50.0 Å². The van der Waals surface area contributed by atoms with Crippen molar-refractivity contribution in [3.05, 3.63) is 30.1 Å². The number of aromatic nitrogens is 2. The molecule has 1 saturated heterocycles. The van der Waals surface area contributed by atoms with E-state index < -0.39 is 0 Å². The van der Waals surface area contributed by atoms with Crippen LogP contribution in [0.1, 0.15) is 32.0 Å². The summed E-state index contributed by atoms with van der Waals surface area (Å²) in [6, 6.07) is 8.52. The van der Waals surface area contributed by atoms with Gasteiger partial charge in [-0.25, -0.2) is 4.98 Å². The molecule has 0 unspecified atom stereocenters. The molecule has 146 valence electrons. The summed E-state index contributed by atoms with van der Waals surface area (Å²) in [6.45, 7) is 2.67. The van der Waals surface area contributed by atoms with Gasteiger partial charge in [0.25, 0.3) is 0 Å². The average Bonchev–Trinajstić information content (AvgIpc) is 3.14. The Bertz CT molecular complexity index is 831. The van der Waals surface area contributed by atoms with Crippen LogP contribution in [0.3, 0.4) is 0 Å². The molecule has 1 N–H and O–H groups in total. The summed E-state index contributed by atoms with van der Waals surface area (Å²) >= 11 is 0. The Morgan fingerprint density at radius 2 is 1.93 bits per heavy atom. The number of imidazole rings is 1. The monoisotopic (exact) mass is 371 g/mol. The fourth-order valence-corrected chi connectivity index (χ4v) is 3.84. The number of likely N-dealkylation sites (tertiary alicyclic amines) is 1. The summed E-state index contributed by atoms with van der Waals surface area (Å²) < 4.78 is 2.05. The van der Waals surface area contributed by atoms with E-state index in [2.05, 4.69) is 15.2 Å². The highest BCUT2D eigenvalue weighted by Gasteiger charge is 2.32. The van der Waals surface area contributed by atoms with Crippen LogP contribution in [0, 0.1) is 0 Å². The van der Waals surface area contributed by atoms with E-state index in [1.54, 1.807) is 4.90 Å². The van der Waals surface area contributed by atoms with Gasteiger partial charge in [0.15, 0.2) is 0 Å². The fourth-order valence-electron chi connectivity index (χ4n) is 3.84. The van der Waals surface area contributed by atoms with Crippen molar-refractivity contribution in [2.24, 2.45) is 7.05 Å². The van der Waals surface area contributed by atoms with Crippen LogP contribution in [0.25, 0.3) is 11.0 Å². The van der Waals surface area contributed by atoms with Gasteiger partial charge in [-0.05, 0) is 32.0 Å². The summed E-state index contributed by atoms with van der Waals surface area (Å²) in [5.41, 5.74) is 2.02. The second-order valence-corrected chi connectivity index (χ2v) is 7.52. The summed E-state index contributed by atoms with van der Waals surface area (Å²) in [6.07, 6.45) is 2.48. The molecule has 27 heavy (non-hydrogen) atoms. The minimum Gasteiger partial charge on any atom is -0.355 e. The van der Waals surface area contributed by atoms with Gasteiger partial charge in [-0.15, -0.1) is 0 Å². The molecule has 0 saturated carbocycles. The molecular formula is C20H29N5O2. The molecule has 0 aliphatic carbocycles. The van der Waals surface area contributed by atoms with Crippen LogP contribution in [-0.2, 0) is 23.2 Å². The number of rotatable bonds is 6. The lowest BCUT2D eigenvalue weighted by Gasteiger charge is -2.27. The van der Waals surface area contributed by atoms with Crippen LogP contribution in [0.2, 0.25) is 0 Å². The number of benzene rings is 1. The lowest BCUT2D eigenvalue weighted by Crippen LogP contribution is -2.42. The second-order valence-electron chi connectivity index (χ2n) is 7.52. The summed E-state index contributed by atoms with van der Waals surface area (Å²) in [4.78, 5) is 32.5. The second kappa shape index (κ2) is 8.08. The van der Waals surface area contributed by atoms with E-state index in [4.69, 9.17) is 0 Å². The van der Waals surface area contributed by atoms with Gasteiger partial charge in [0, 0.05) is 46.1 Å². The Morgan fingerprint density at radius 3 is 2.63 bits per heavy atom. The minimum atomic E-state index is -0.00915. The Labute approximate surface area is 160 Å². The lowest BCUT2D eigenvalue weighted by molar-refractivity contribution is -0.131. The highest BCUT2D eigenvalue weighted by atomic mass is 16.2. The van der Waals surface area contributed by atoms with Gasteiger partial charge < -0.3 is 14.8 Å². The van der Waals surface area contributed by atoms with Crippen molar-refractivity contribution in [2.45, 2.75) is 44.8 Å². The van der Waals surface area contributed by atoms with Gasteiger partial charge >= 0.3 is 0 Å². The predicted molar refractivity (Wildman–Crippen MR) is 105 cm³/mol. The van der Waals surface area contributed by atoms with Gasteiger partial charge in [0.1, 0.15) is 5.82 Å². The Morgan fingerprint density at radius 1 is 1.22 bits per heavy atom. The van der Waals surface area contributed by atoms with Crippen molar-refractivity contribution in [2.75, 3.05) is 20.6 Å². The van der Waals surface area contributed by atoms with E-state index in [1.165, 1.54) is 6.92 Å². The molecule has 2 amide bonds. The maximum atomic E-state index is 12.7. The molecule has 7 heteroatoms. The first kappa shape index (κ1) is 19.4. The molecule has 2 atom stereocenters. The number of hydrogen-bond acceptors (Lipinski definition) is 4. The SMILES string of the molecule is CC(=O)NC[C@H]1CC[C@@H](CC(=O)N(C)Cc2nc3ccccc3n2C)N1C. The quantitative estimate of drug-likeness (QED) is 0.836. The minimum absolute atomic E-state index is 0.00915. The van der Waals surface area contributed by atoms with Crippen molar-refractivity contribution in [1.29, 1.82) is 0 Å². The summed E-state index contributed by atoms with van der Waals surface area (Å²) in [5.74, 6) is 1.000. The van der Waals surface area contributed by atoms with E-state index in [9.17, 15) is 9.59 Å². The number of carbonyl (C=O) groups is 2. The number of amides is 2. The van der Waals surface area contributed by atoms with Crippen LogP contribution in [0.4, 0.5) is 0 Å². The van der Waals surface area contributed by atoms with Gasteiger partial charge in [0.05, 0.1) is 17.6 Å². The van der Waals surface area contributed by atoms with Crippen molar-refractivity contribution in [3.63, 3.8) is 0 Å². The largest absolute Gasteiger partial charge is 0.355 e. The molecule has 1 fully saturated rings. The van der Waals surface area contributed by atoms with Crippen LogP contribution in [-0.4, -0.2) is 63.9 Å². The summed E-state index contributed by atoms with van der Waals surface area (Å²) in [5, 5.41) is 2.88. The maximum Gasteiger partial charge on any atom is 0.224 e. The molecule has 2 aromatic rings. The molecule has 1 aromatic carbocycles. The fraction of sp³-hybridized carbons (Fsp3) is 0.550. The smallest absolute Gasteiger partial charge is 0.224 e.